The molecule has 6 rings (SSSR count). The molecule has 0 aromatic heterocycles. The Labute approximate surface area is 237 Å². The van der Waals surface area contributed by atoms with E-state index in [0.29, 0.717) is 0 Å². The molecule has 2 aromatic carbocycles. The van der Waals surface area contributed by atoms with E-state index in [9.17, 15) is 0 Å². The monoisotopic (exact) mass is 518 g/mol. The molecule has 0 spiro atoms. The van der Waals surface area contributed by atoms with Crippen LogP contribution in [0.2, 0.25) is 0 Å². The highest BCUT2D eigenvalue weighted by atomic mass is 16.4. The molecule has 1 nitrogen and oxygen atoms in total. The van der Waals surface area contributed by atoms with Crippen molar-refractivity contribution in [3.8, 4) is 11.1 Å². The van der Waals surface area contributed by atoms with E-state index in [1.807, 2.05) is 7.11 Å². The van der Waals surface area contributed by atoms with Crippen LogP contribution in [0.4, 0.5) is 0 Å². The first-order valence-corrected chi connectivity index (χ1v) is 16.2. The first-order chi connectivity index (χ1) is 19.4. The van der Waals surface area contributed by atoms with Crippen molar-refractivity contribution < 1.29 is 4.65 Å². The molecule has 1 aliphatic heterocycles. The van der Waals surface area contributed by atoms with Crippen LogP contribution in [0.3, 0.4) is 0 Å². The predicted octanol–water partition coefficient (Wildman–Crippen LogP) is 10.2. The minimum atomic E-state index is 0.0298. The summed E-state index contributed by atoms with van der Waals surface area (Å²) in [6.07, 6.45) is 23.5. The Morgan fingerprint density at radius 1 is 0.436 bits per heavy atom. The maximum atomic E-state index is 6.57. The van der Waals surface area contributed by atoms with Gasteiger partial charge in [-0.05, 0) is 115 Å². The van der Waals surface area contributed by atoms with Gasteiger partial charge in [-0.25, -0.2) is 0 Å². The lowest BCUT2D eigenvalue weighted by Crippen LogP contribution is -2.38. The van der Waals surface area contributed by atoms with E-state index < -0.39 is 0 Å². The highest BCUT2D eigenvalue weighted by Crippen LogP contribution is 2.45. The molecule has 0 bridgehead atoms. The third-order valence-electron chi connectivity index (χ3n) is 10.0. The molecule has 0 radical (unpaired) electrons. The maximum Gasteiger partial charge on any atom is 0.358 e. The average molecular weight is 519 g/mol. The van der Waals surface area contributed by atoms with Crippen LogP contribution in [0.25, 0.3) is 16.7 Å². The number of allylic oxidation sites excluding steroid dienone is 6. The fraction of sp³-hybridized carbons (Fsp3) is 0.514. The lowest BCUT2D eigenvalue weighted by Gasteiger charge is -2.30. The second-order valence-corrected chi connectivity index (χ2v) is 12.4. The van der Waals surface area contributed by atoms with Crippen LogP contribution in [0.1, 0.15) is 121 Å². The van der Waals surface area contributed by atoms with Crippen molar-refractivity contribution in [3.63, 3.8) is 0 Å². The van der Waals surface area contributed by atoms with Gasteiger partial charge < -0.3 is 4.65 Å². The van der Waals surface area contributed by atoms with Crippen LogP contribution in [-0.4, -0.2) is 14.0 Å². The van der Waals surface area contributed by atoms with Crippen molar-refractivity contribution >= 4 is 18.0 Å². The smallest absolute Gasteiger partial charge is 0.358 e. The van der Waals surface area contributed by atoms with Gasteiger partial charge in [0.1, 0.15) is 0 Å². The quantitative estimate of drug-likeness (QED) is 0.341. The largest absolute Gasteiger partial charge is 0.430 e. The van der Waals surface area contributed by atoms with Crippen LogP contribution in [0.15, 0.2) is 76.3 Å². The molecule has 0 fully saturated rings. The van der Waals surface area contributed by atoms with E-state index in [0.717, 1.165) is 0 Å². The Kier molecular flexibility index (Phi) is 8.89. The standard InChI is InChI=1S/C37H47BO/c1-39-38-36-26-13-7-6-12-24-34(36)32-21-11-5-4-10-20-30(32)28-18-8-2-3-9-19-29(28)31-22-14-15-23-33(31)35-25-16-17-27-37(35)38/h14-17,22-23,25,27H,2-13,18-21,24,26H2,1H3/b29-28-,32-30-,36-34-. The lowest BCUT2D eigenvalue weighted by atomic mass is 9.49. The molecule has 1 heterocycles. The van der Waals surface area contributed by atoms with Gasteiger partial charge in [0.15, 0.2) is 0 Å². The summed E-state index contributed by atoms with van der Waals surface area (Å²) in [7, 11) is 1.96. The van der Waals surface area contributed by atoms with Crippen LogP contribution >= 0.6 is 0 Å². The molecule has 39 heavy (non-hydrogen) atoms. The van der Waals surface area contributed by atoms with E-state index >= 15 is 0 Å². The Bertz CT molecular complexity index is 1260. The Hall–Kier alpha value is -2.32. The molecule has 0 atom stereocenters. The van der Waals surface area contributed by atoms with Gasteiger partial charge in [0, 0.05) is 7.11 Å². The highest BCUT2D eigenvalue weighted by Gasteiger charge is 2.32. The van der Waals surface area contributed by atoms with Gasteiger partial charge in [0.05, 0.1) is 0 Å². The minimum absolute atomic E-state index is 0.0298. The van der Waals surface area contributed by atoms with Crippen LogP contribution in [0.5, 0.6) is 0 Å². The summed E-state index contributed by atoms with van der Waals surface area (Å²) in [6.45, 7) is 0.0298. The molecule has 0 saturated carbocycles. The van der Waals surface area contributed by atoms with Gasteiger partial charge in [-0.3, -0.25) is 0 Å². The summed E-state index contributed by atoms with van der Waals surface area (Å²) in [4.78, 5) is 0. The number of hydrogen-bond acceptors (Lipinski definition) is 1. The van der Waals surface area contributed by atoms with Gasteiger partial charge in [-0.1, -0.05) is 105 Å². The zero-order valence-electron chi connectivity index (χ0n) is 24.3. The zero-order chi connectivity index (χ0) is 26.4. The summed E-state index contributed by atoms with van der Waals surface area (Å²) < 4.78 is 6.57. The average Bonchev–Trinajstić information content (AvgIpc) is 2.93. The summed E-state index contributed by atoms with van der Waals surface area (Å²) in [6, 6.07) is 18.6. The van der Waals surface area contributed by atoms with Gasteiger partial charge in [0.25, 0.3) is 0 Å². The first kappa shape index (κ1) is 26.9. The molecule has 204 valence electrons. The molecule has 4 aliphatic rings. The molecular weight excluding hydrogens is 471 g/mol. The third kappa shape index (κ3) is 5.65. The minimum Gasteiger partial charge on any atom is -0.430 e. The number of benzene rings is 2. The number of hydrogen-bond donors (Lipinski definition) is 0. The van der Waals surface area contributed by atoms with E-state index in [4.69, 9.17) is 4.65 Å². The fourth-order valence-corrected chi connectivity index (χ4v) is 8.14. The molecular formula is C37H47BO. The second kappa shape index (κ2) is 12.9. The van der Waals surface area contributed by atoms with E-state index in [1.165, 1.54) is 138 Å². The molecule has 3 aliphatic carbocycles. The topological polar surface area (TPSA) is 9.23 Å². The zero-order valence-corrected chi connectivity index (χ0v) is 24.3. The summed E-state index contributed by atoms with van der Waals surface area (Å²) in [5.74, 6) is 0. The highest BCUT2D eigenvalue weighted by molar-refractivity contribution is 6.75. The molecule has 2 aromatic rings. The van der Waals surface area contributed by atoms with Crippen molar-refractivity contribution in [1.82, 2.24) is 0 Å². The molecule has 2 heteroatoms. The fourth-order valence-electron chi connectivity index (χ4n) is 8.14. The third-order valence-corrected chi connectivity index (χ3v) is 10.0. The van der Waals surface area contributed by atoms with Crippen LogP contribution in [-0.2, 0) is 4.65 Å². The van der Waals surface area contributed by atoms with Crippen LogP contribution < -0.4 is 5.46 Å². The molecule has 0 amide bonds. The lowest BCUT2D eigenvalue weighted by molar-refractivity contribution is 0.432. The van der Waals surface area contributed by atoms with Crippen molar-refractivity contribution in [2.24, 2.45) is 0 Å². The first-order valence-electron chi connectivity index (χ1n) is 16.2. The molecule has 0 unspecified atom stereocenters. The number of rotatable bonds is 1. The Morgan fingerprint density at radius 2 is 0.872 bits per heavy atom. The second-order valence-electron chi connectivity index (χ2n) is 12.4. The normalized spacial score (nSPS) is 26.9. The van der Waals surface area contributed by atoms with Gasteiger partial charge >= 0.3 is 6.92 Å². The van der Waals surface area contributed by atoms with E-state index in [-0.39, 0.29) is 6.92 Å². The Balaban J connectivity index is 1.74. The van der Waals surface area contributed by atoms with Crippen molar-refractivity contribution in [2.45, 2.75) is 116 Å². The van der Waals surface area contributed by atoms with Gasteiger partial charge in [0.2, 0.25) is 0 Å². The van der Waals surface area contributed by atoms with Crippen LogP contribution in [0, 0.1) is 0 Å². The summed E-state index contributed by atoms with van der Waals surface area (Å²) in [5, 5.41) is 0. The van der Waals surface area contributed by atoms with Crippen molar-refractivity contribution in [2.75, 3.05) is 7.11 Å². The van der Waals surface area contributed by atoms with E-state index in [1.54, 1.807) is 33.3 Å². The van der Waals surface area contributed by atoms with E-state index in [2.05, 4.69) is 48.5 Å². The van der Waals surface area contributed by atoms with Gasteiger partial charge in [-0.15, -0.1) is 0 Å². The number of fused-ring (bicyclic) bond motifs is 6. The Morgan fingerprint density at radius 3 is 1.49 bits per heavy atom. The SMILES string of the molecule is COB1\C2=C(CCCCCC2)/C2=C(CCCCCC2)\C2=C(\CCCCCC2)c2ccccc2-c2ccccc21. The maximum absolute atomic E-state index is 6.57. The summed E-state index contributed by atoms with van der Waals surface area (Å²) >= 11 is 0. The molecule has 0 saturated heterocycles. The van der Waals surface area contributed by atoms with Crippen molar-refractivity contribution in [1.29, 1.82) is 0 Å². The van der Waals surface area contributed by atoms with Crippen molar-refractivity contribution in [3.05, 3.63) is 81.9 Å². The molecule has 0 N–H and O–H groups in total. The predicted molar refractivity (Wildman–Crippen MR) is 168 cm³/mol. The van der Waals surface area contributed by atoms with Gasteiger partial charge in [-0.2, -0.15) is 0 Å². The summed E-state index contributed by atoms with van der Waals surface area (Å²) in [5.41, 5.74) is 15.8.